The van der Waals surface area contributed by atoms with Gasteiger partial charge in [0.2, 0.25) is 5.91 Å². The molecule has 1 N–H and O–H groups in total. The van der Waals surface area contributed by atoms with Crippen LogP contribution in [0.4, 0.5) is 14.5 Å². The molecule has 1 unspecified atom stereocenters. The van der Waals surface area contributed by atoms with Gasteiger partial charge in [0.1, 0.15) is 0 Å². The Morgan fingerprint density at radius 3 is 2.91 bits per heavy atom. The van der Waals surface area contributed by atoms with E-state index in [1.54, 1.807) is 11.3 Å². The van der Waals surface area contributed by atoms with Crippen LogP contribution in [0.5, 0.6) is 0 Å². The average Bonchev–Trinajstić information content (AvgIpc) is 3.19. The Hall–Kier alpha value is -1.79. The van der Waals surface area contributed by atoms with Crippen LogP contribution in [-0.2, 0) is 4.79 Å². The number of amides is 1. The number of hydrogen-bond donors (Lipinski definition) is 1. The normalized spacial score (nSPS) is 18.3. The summed E-state index contributed by atoms with van der Waals surface area (Å²) in [5.74, 6) is -2.06. The molecule has 1 fully saturated rings. The molecule has 1 aromatic heterocycles. The molecule has 0 saturated carbocycles. The molecule has 0 bridgehead atoms. The Morgan fingerprint density at radius 1 is 1.30 bits per heavy atom. The smallest absolute Gasteiger partial charge is 0.225 e. The third-order valence-corrected chi connectivity index (χ3v) is 5.04. The maximum Gasteiger partial charge on any atom is 0.225 e. The Labute approximate surface area is 137 Å². The number of nitrogens with one attached hydrogen (secondary N) is 1. The lowest BCUT2D eigenvalue weighted by molar-refractivity contribution is -0.116. The SMILES string of the molecule is O=C(CCN1CCCC1c1cccs1)Nc1ccc(F)c(F)c1. The number of carbonyl (C=O) groups excluding carboxylic acids is 1. The van der Waals surface area contributed by atoms with Crippen molar-refractivity contribution < 1.29 is 13.6 Å². The summed E-state index contributed by atoms with van der Waals surface area (Å²) in [6.45, 7) is 1.65. The number of nitrogens with zero attached hydrogens (tertiary/aromatic N) is 1. The van der Waals surface area contributed by atoms with Crippen LogP contribution in [0.25, 0.3) is 0 Å². The number of benzene rings is 1. The first-order valence-electron chi connectivity index (χ1n) is 7.66. The quantitative estimate of drug-likeness (QED) is 0.888. The van der Waals surface area contributed by atoms with Gasteiger partial charge < -0.3 is 5.32 Å². The number of carbonyl (C=O) groups is 1. The van der Waals surface area contributed by atoms with Crippen molar-refractivity contribution in [1.82, 2.24) is 4.90 Å². The number of likely N-dealkylation sites (tertiary alicyclic amines) is 1. The molecule has 122 valence electrons. The minimum Gasteiger partial charge on any atom is -0.326 e. The van der Waals surface area contributed by atoms with Gasteiger partial charge in [0, 0.05) is 35.6 Å². The number of rotatable bonds is 5. The van der Waals surface area contributed by atoms with Gasteiger partial charge in [-0.15, -0.1) is 11.3 Å². The zero-order valence-electron chi connectivity index (χ0n) is 12.6. The molecule has 23 heavy (non-hydrogen) atoms. The highest BCUT2D eigenvalue weighted by Crippen LogP contribution is 2.34. The number of thiophene rings is 1. The van der Waals surface area contributed by atoms with Crippen molar-refractivity contribution >= 4 is 22.9 Å². The highest BCUT2D eigenvalue weighted by atomic mass is 32.1. The maximum absolute atomic E-state index is 13.1. The van der Waals surface area contributed by atoms with Gasteiger partial charge in [0.25, 0.3) is 0 Å². The zero-order valence-corrected chi connectivity index (χ0v) is 13.4. The minimum absolute atomic E-state index is 0.187. The van der Waals surface area contributed by atoms with Crippen molar-refractivity contribution in [3.63, 3.8) is 0 Å². The Balaban J connectivity index is 1.53. The minimum atomic E-state index is -0.958. The fourth-order valence-corrected chi connectivity index (χ4v) is 3.83. The maximum atomic E-state index is 13.1. The molecule has 3 rings (SSSR count). The lowest BCUT2D eigenvalue weighted by atomic mass is 10.2. The topological polar surface area (TPSA) is 32.3 Å². The van der Waals surface area contributed by atoms with Crippen LogP contribution >= 0.6 is 11.3 Å². The predicted octanol–water partition coefficient (Wildman–Crippen LogP) is 4.19. The van der Waals surface area contributed by atoms with Crippen molar-refractivity contribution in [3.8, 4) is 0 Å². The van der Waals surface area contributed by atoms with E-state index in [2.05, 4.69) is 21.7 Å². The van der Waals surface area contributed by atoms with E-state index in [0.29, 0.717) is 19.0 Å². The van der Waals surface area contributed by atoms with E-state index >= 15 is 0 Å². The van der Waals surface area contributed by atoms with Gasteiger partial charge >= 0.3 is 0 Å². The fraction of sp³-hybridized carbons (Fsp3) is 0.353. The monoisotopic (exact) mass is 336 g/mol. The van der Waals surface area contributed by atoms with Crippen LogP contribution in [-0.4, -0.2) is 23.9 Å². The summed E-state index contributed by atoms with van der Waals surface area (Å²) in [6.07, 6.45) is 2.58. The van der Waals surface area contributed by atoms with Crippen molar-refractivity contribution in [2.24, 2.45) is 0 Å². The van der Waals surface area contributed by atoms with Crippen LogP contribution in [0.2, 0.25) is 0 Å². The molecule has 1 atom stereocenters. The van der Waals surface area contributed by atoms with Crippen LogP contribution in [0.3, 0.4) is 0 Å². The van der Waals surface area contributed by atoms with Crippen molar-refractivity contribution in [2.45, 2.75) is 25.3 Å². The number of halogens is 2. The van der Waals surface area contributed by atoms with Gasteiger partial charge in [-0.25, -0.2) is 8.78 Å². The summed E-state index contributed by atoms with van der Waals surface area (Å²) < 4.78 is 26.0. The molecule has 1 aromatic carbocycles. The standard InChI is InChI=1S/C17H18F2N2OS/c18-13-6-5-12(11-14(13)19)20-17(22)7-9-21-8-1-3-15(21)16-4-2-10-23-16/h2,4-6,10-11,15H,1,3,7-9H2,(H,20,22). The van der Waals surface area contributed by atoms with Gasteiger partial charge in [0.05, 0.1) is 0 Å². The van der Waals surface area contributed by atoms with Crippen molar-refractivity contribution in [2.75, 3.05) is 18.4 Å². The Morgan fingerprint density at radius 2 is 2.17 bits per heavy atom. The predicted molar refractivity (Wildman–Crippen MR) is 87.5 cm³/mol. The fourth-order valence-electron chi connectivity index (χ4n) is 2.94. The largest absolute Gasteiger partial charge is 0.326 e. The summed E-state index contributed by atoms with van der Waals surface area (Å²) in [7, 11) is 0. The molecule has 2 aromatic rings. The molecular formula is C17H18F2N2OS. The average molecular weight is 336 g/mol. The van der Waals surface area contributed by atoms with Crippen LogP contribution in [0, 0.1) is 11.6 Å². The van der Waals surface area contributed by atoms with Crippen molar-refractivity contribution in [3.05, 3.63) is 52.2 Å². The molecular weight excluding hydrogens is 318 g/mol. The van der Waals surface area contributed by atoms with Gasteiger partial charge in [-0.05, 0) is 43.0 Å². The van der Waals surface area contributed by atoms with Gasteiger partial charge in [0.15, 0.2) is 11.6 Å². The second kappa shape index (κ2) is 7.19. The molecule has 0 aliphatic carbocycles. The molecule has 1 saturated heterocycles. The Kier molecular flexibility index (Phi) is 5.03. The van der Waals surface area contributed by atoms with E-state index in [1.165, 1.54) is 10.9 Å². The molecule has 6 heteroatoms. The van der Waals surface area contributed by atoms with E-state index in [-0.39, 0.29) is 11.6 Å². The highest BCUT2D eigenvalue weighted by molar-refractivity contribution is 7.10. The highest BCUT2D eigenvalue weighted by Gasteiger charge is 2.26. The van der Waals surface area contributed by atoms with E-state index in [4.69, 9.17) is 0 Å². The lowest BCUT2D eigenvalue weighted by Crippen LogP contribution is -2.27. The molecule has 0 radical (unpaired) electrons. The summed E-state index contributed by atoms with van der Waals surface area (Å²) in [4.78, 5) is 15.7. The molecule has 2 heterocycles. The molecule has 0 spiro atoms. The van der Waals surface area contributed by atoms with Crippen LogP contribution in [0.1, 0.15) is 30.2 Å². The number of anilines is 1. The molecule has 1 aliphatic rings. The summed E-state index contributed by atoms with van der Waals surface area (Å²) in [5.41, 5.74) is 0.283. The van der Waals surface area contributed by atoms with E-state index < -0.39 is 11.6 Å². The van der Waals surface area contributed by atoms with E-state index in [0.717, 1.165) is 31.5 Å². The van der Waals surface area contributed by atoms with Gasteiger partial charge in [-0.1, -0.05) is 6.07 Å². The first-order valence-corrected chi connectivity index (χ1v) is 8.54. The zero-order chi connectivity index (χ0) is 16.2. The van der Waals surface area contributed by atoms with Gasteiger partial charge in [-0.3, -0.25) is 9.69 Å². The summed E-state index contributed by atoms with van der Waals surface area (Å²) in [5, 5.41) is 4.68. The lowest BCUT2D eigenvalue weighted by Gasteiger charge is -2.23. The third kappa shape index (κ3) is 3.95. The second-order valence-corrected chi connectivity index (χ2v) is 6.62. The van der Waals surface area contributed by atoms with Crippen molar-refractivity contribution in [1.29, 1.82) is 0 Å². The van der Waals surface area contributed by atoms with Crippen LogP contribution in [0.15, 0.2) is 35.7 Å². The Bertz CT molecular complexity index is 675. The summed E-state index contributed by atoms with van der Waals surface area (Å²) >= 11 is 1.74. The molecule has 1 aliphatic heterocycles. The van der Waals surface area contributed by atoms with Gasteiger partial charge in [-0.2, -0.15) is 0 Å². The van der Waals surface area contributed by atoms with E-state index in [9.17, 15) is 13.6 Å². The first-order chi connectivity index (χ1) is 11.1. The van der Waals surface area contributed by atoms with E-state index in [1.807, 2.05) is 6.07 Å². The third-order valence-electron chi connectivity index (χ3n) is 4.06. The van der Waals surface area contributed by atoms with Crippen LogP contribution < -0.4 is 5.32 Å². The molecule has 1 amide bonds. The molecule has 3 nitrogen and oxygen atoms in total. The summed E-state index contributed by atoms with van der Waals surface area (Å²) in [6, 6.07) is 7.95. The first kappa shape index (κ1) is 16.1. The number of hydrogen-bond acceptors (Lipinski definition) is 3. The second-order valence-electron chi connectivity index (χ2n) is 5.64.